The summed E-state index contributed by atoms with van der Waals surface area (Å²) in [5.41, 5.74) is 3.07. The summed E-state index contributed by atoms with van der Waals surface area (Å²) in [6.45, 7) is 7.74. The first-order valence-electron chi connectivity index (χ1n) is 12.8. The second-order valence-electron chi connectivity index (χ2n) is 9.53. The van der Waals surface area contributed by atoms with Crippen LogP contribution in [0.25, 0.3) is 16.8 Å². The lowest BCUT2D eigenvalue weighted by Gasteiger charge is -2.26. The second-order valence-corrected chi connectivity index (χ2v) is 11.2. The number of sulfonamides is 1. The number of methoxy groups -OCH3 is 1. The number of nitrogens with zero attached hydrogens (tertiary/aromatic N) is 4. The van der Waals surface area contributed by atoms with E-state index in [4.69, 9.17) is 14.2 Å². The normalized spacial score (nSPS) is 14.3. The third kappa shape index (κ3) is 5.93. The number of anilines is 1. The molecule has 4 heterocycles. The number of nitrogens with one attached hydrogen (secondary N) is 1. The van der Waals surface area contributed by atoms with Crippen LogP contribution >= 0.6 is 0 Å². The van der Waals surface area contributed by atoms with Crippen molar-refractivity contribution in [2.45, 2.75) is 18.7 Å². The molecule has 4 aromatic rings. The molecule has 0 atom stereocenters. The number of aryl methyl sites for hydroxylation is 2. The smallest absolute Gasteiger partial charge is 0.300 e. The van der Waals surface area contributed by atoms with Crippen molar-refractivity contribution in [1.29, 1.82) is 0 Å². The lowest BCUT2D eigenvalue weighted by molar-refractivity contribution is 0.0321. The van der Waals surface area contributed by atoms with Crippen LogP contribution < -0.4 is 19.8 Å². The second kappa shape index (κ2) is 11.6. The van der Waals surface area contributed by atoms with Crippen LogP contribution in [0.5, 0.6) is 11.6 Å². The summed E-state index contributed by atoms with van der Waals surface area (Å²) in [4.78, 5) is 24.2. The summed E-state index contributed by atoms with van der Waals surface area (Å²) in [7, 11) is -2.50. The average Bonchev–Trinajstić information content (AvgIpc) is 2.94. The Morgan fingerprint density at radius 2 is 1.82 bits per heavy atom. The number of rotatable bonds is 9. The molecule has 210 valence electrons. The zero-order valence-electron chi connectivity index (χ0n) is 22.6. The van der Waals surface area contributed by atoms with Crippen LogP contribution in [-0.4, -0.2) is 74.3 Å². The third-order valence-corrected chi connectivity index (χ3v) is 8.21. The summed E-state index contributed by atoms with van der Waals surface area (Å²) in [5, 5.41) is 0. The van der Waals surface area contributed by atoms with Crippen LogP contribution in [0.3, 0.4) is 0 Å². The summed E-state index contributed by atoms with van der Waals surface area (Å²) in [6.07, 6.45) is 4.62. The molecule has 11 nitrogen and oxygen atoms in total. The highest BCUT2D eigenvalue weighted by molar-refractivity contribution is 7.92. The highest BCUT2D eigenvalue weighted by Crippen LogP contribution is 2.31. The van der Waals surface area contributed by atoms with Gasteiger partial charge in [-0.3, -0.25) is 18.8 Å². The Morgan fingerprint density at radius 3 is 2.58 bits per heavy atom. The quantitative estimate of drug-likeness (QED) is 0.326. The van der Waals surface area contributed by atoms with Gasteiger partial charge in [-0.15, -0.1) is 0 Å². The monoisotopic (exact) mass is 565 g/mol. The van der Waals surface area contributed by atoms with Crippen LogP contribution in [-0.2, 0) is 14.8 Å². The lowest BCUT2D eigenvalue weighted by atomic mass is 10.1. The van der Waals surface area contributed by atoms with Gasteiger partial charge in [0.1, 0.15) is 17.9 Å². The van der Waals surface area contributed by atoms with Gasteiger partial charge >= 0.3 is 0 Å². The molecule has 1 aliphatic rings. The Morgan fingerprint density at radius 1 is 1.02 bits per heavy atom. The van der Waals surface area contributed by atoms with Crippen LogP contribution in [0.15, 0.2) is 64.7 Å². The van der Waals surface area contributed by atoms with E-state index in [9.17, 15) is 13.2 Å². The molecule has 0 bridgehead atoms. The summed E-state index contributed by atoms with van der Waals surface area (Å²) in [6, 6.07) is 10.2. The number of hydrogen-bond donors (Lipinski definition) is 1. The van der Waals surface area contributed by atoms with E-state index in [2.05, 4.69) is 19.6 Å². The molecule has 1 N–H and O–H groups in total. The largest absolute Gasteiger partial charge is 0.485 e. The van der Waals surface area contributed by atoms with E-state index in [0.29, 0.717) is 48.7 Å². The zero-order valence-corrected chi connectivity index (χ0v) is 23.4. The van der Waals surface area contributed by atoms with Gasteiger partial charge in [-0.05, 0) is 43.7 Å². The minimum Gasteiger partial charge on any atom is -0.485 e. The zero-order chi connectivity index (χ0) is 28.3. The Labute approximate surface area is 232 Å². The predicted octanol–water partition coefficient (Wildman–Crippen LogP) is 2.89. The van der Waals surface area contributed by atoms with Crippen LogP contribution in [0, 0.1) is 13.8 Å². The van der Waals surface area contributed by atoms with Gasteiger partial charge in [0.15, 0.2) is 0 Å². The van der Waals surface area contributed by atoms with Crippen molar-refractivity contribution in [2.24, 2.45) is 0 Å². The first-order valence-corrected chi connectivity index (χ1v) is 14.3. The molecular formula is C28H31N5O6S. The van der Waals surface area contributed by atoms with Crippen molar-refractivity contribution >= 4 is 21.4 Å². The van der Waals surface area contributed by atoms with E-state index >= 15 is 0 Å². The molecule has 1 aromatic carbocycles. The maximum absolute atomic E-state index is 13.2. The van der Waals surface area contributed by atoms with Gasteiger partial charge in [-0.1, -0.05) is 17.7 Å². The summed E-state index contributed by atoms with van der Waals surface area (Å²) >= 11 is 0. The van der Waals surface area contributed by atoms with E-state index in [-0.39, 0.29) is 27.8 Å². The molecule has 5 rings (SSSR count). The van der Waals surface area contributed by atoms with Gasteiger partial charge in [-0.2, -0.15) is 0 Å². The number of aromatic nitrogens is 3. The van der Waals surface area contributed by atoms with Gasteiger partial charge in [0.2, 0.25) is 11.6 Å². The number of morpholine rings is 1. The number of pyridine rings is 2. The van der Waals surface area contributed by atoms with Gasteiger partial charge in [0.05, 0.1) is 31.4 Å². The first kappa shape index (κ1) is 27.6. The maximum Gasteiger partial charge on any atom is 0.300 e. The van der Waals surface area contributed by atoms with Crippen LogP contribution in [0.4, 0.5) is 5.69 Å². The van der Waals surface area contributed by atoms with Gasteiger partial charge in [0, 0.05) is 43.2 Å². The van der Waals surface area contributed by atoms with Crippen LogP contribution in [0.1, 0.15) is 11.1 Å². The third-order valence-electron chi connectivity index (χ3n) is 6.68. The highest BCUT2D eigenvalue weighted by atomic mass is 32.2. The summed E-state index contributed by atoms with van der Waals surface area (Å²) < 4.78 is 46.9. The number of fused-ring (bicyclic) bond motifs is 1. The van der Waals surface area contributed by atoms with Crippen molar-refractivity contribution in [3.05, 3.63) is 76.5 Å². The Kier molecular flexibility index (Phi) is 8.01. The fourth-order valence-electron chi connectivity index (χ4n) is 4.59. The van der Waals surface area contributed by atoms with Crippen molar-refractivity contribution in [1.82, 2.24) is 19.3 Å². The molecule has 1 saturated heterocycles. The fourth-order valence-corrected chi connectivity index (χ4v) is 5.86. The average molecular weight is 566 g/mol. The molecule has 0 unspecified atom stereocenters. The Hall–Kier alpha value is -4.00. The molecule has 0 radical (unpaired) electrons. The van der Waals surface area contributed by atoms with Gasteiger partial charge in [0.25, 0.3) is 15.6 Å². The van der Waals surface area contributed by atoms with E-state index < -0.39 is 10.0 Å². The van der Waals surface area contributed by atoms with Crippen molar-refractivity contribution in [3.63, 3.8) is 0 Å². The van der Waals surface area contributed by atoms with Gasteiger partial charge in [-0.25, -0.2) is 18.4 Å². The molecule has 0 amide bonds. The first-order chi connectivity index (χ1) is 19.2. The molecule has 1 fully saturated rings. The van der Waals surface area contributed by atoms with E-state index in [1.54, 1.807) is 49.6 Å². The molecule has 12 heteroatoms. The molecule has 40 heavy (non-hydrogen) atoms. The summed E-state index contributed by atoms with van der Waals surface area (Å²) in [5.74, 6) is 0.269. The Balaban J connectivity index is 1.42. The molecule has 3 aromatic heterocycles. The van der Waals surface area contributed by atoms with E-state index in [1.807, 2.05) is 13.0 Å². The molecule has 0 aliphatic carbocycles. The topological polar surface area (TPSA) is 124 Å². The maximum atomic E-state index is 13.2. The fraction of sp³-hybridized carbons (Fsp3) is 0.321. The van der Waals surface area contributed by atoms with Crippen molar-refractivity contribution in [2.75, 3.05) is 51.3 Å². The Bertz CT molecular complexity index is 1700. The number of ether oxygens (including phenoxy) is 3. The molecule has 0 saturated carbocycles. The van der Waals surface area contributed by atoms with Gasteiger partial charge < -0.3 is 14.2 Å². The van der Waals surface area contributed by atoms with Crippen molar-refractivity contribution < 1.29 is 22.6 Å². The SMILES string of the molecule is COc1ncc(-c2ccc3ncc(OCCN4CCOCC4)c(=O)n3c2)cc1NS(=O)(=O)c1ccc(C)cc1C. The minimum atomic E-state index is -3.92. The van der Waals surface area contributed by atoms with E-state index in [1.165, 1.54) is 17.7 Å². The number of hydrogen-bond acceptors (Lipinski definition) is 9. The minimum absolute atomic E-state index is 0.118. The van der Waals surface area contributed by atoms with Crippen molar-refractivity contribution in [3.8, 4) is 22.8 Å². The number of benzene rings is 1. The molecule has 0 spiro atoms. The molecule has 1 aliphatic heterocycles. The molecular weight excluding hydrogens is 534 g/mol. The lowest BCUT2D eigenvalue weighted by Crippen LogP contribution is -2.38. The standard InChI is InChI=1S/C28H31N5O6S/c1-19-4-6-25(20(2)14-19)40(35,36)31-23-15-22(16-30-27(23)37-3)21-5-7-26-29-17-24(28(34)33(26)18-21)39-13-10-32-8-11-38-12-9-32/h4-7,14-18,31H,8-13H2,1-3H3. The predicted molar refractivity (Wildman–Crippen MR) is 151 cm³/mol. The highest BCUT2D eigenvalue weighted by Gasteiger charge is 2.20. The van der Waals surface area contributed by atoms with Crippen LogP contribution in [0.2, 0.25) is 0 Å². The van der Waals surface area contributed by atoms with E-state index in [0.717, 1.165) is 18.7 Å².